The van der Waals surface area contributed by atoms with Crippen LogP contribution in [0.1, 0.15) is 36.2 Å². The van der Waals surface area contributed by atoms with Crippen molar-refractivity contribution in [2.24, 2.45) is 5.10 Å². The molecule has 3 heterocycles. The molecule has 0 radical (unpaired) electrons. The molecule has 33 heavy (non-hydrogen) atoms. The molecule has 5 rings (SSSR count). The predicted octanol–water partition coefficient (Wildman–Crippen LogP) is 5.70. The Morgan fingerprint density at radius 2 is 1.88 bits per heavy atom. The second kappa shape index (κ2) is 9.03. The largest absolute Gasteiger partial charge is 0.497 e. The second-order valence-electron chi connectivity index (χ2n) is 7.78. The Kier molecular flexibility index (Phi) is 5.79. The van der Waals surface area contributed by atoms with Crippen LogP contribution < -0.4 is 4.74 Å². The Morgan fingerprint density at radius 3 is 2.55 bits per heavy atom. The first-order valence-electron chi connectivity index (χ1n) is 10.9. The van der Waals surface area contributed by atoms with Gasteiger partial charge in [-0.15, -0.1) is 11.3 Å². The lowest BCUT2D eigenvalue weighted by Crippen LogP contribution is -2.26. The van der Waals surface area contributed by atoms with Gasteiger partial charge in [-0.2, -0.15) is 10.2 Å². The van der Waals surface area contributed by atoms with Gasteiger partial charge in [0, 0.05) is 30.2 Å². The molecule has 2 aromatic heterocycles. The Balaban J connectivity index is 1.62. The average Bonchev–Trinajstić information content (AvgIpc) is 3.63. The van der Waals surface area contributed by atoms with Gasteiger partial charge in [0.25, 0.3) is 0 Å². The quantitative estimate of drug-likeness (QED) is 0.374. The van der Waals surface area contributed by atoms with Gasteiger partial charge in [0.15, 0.2) is 0 Å². The summed E-state index contributed by atoms with van der Waals surface area (Å²) in [5.41, 5.74) is 4.67. The van der Waals surface area contributed by atoms with Crippen LogP contribution in [-0.4, -0.2) is 33.5 Å². The molecule has 0 fully saturated rings. The van der Waals surface area contributed by atoms with Crippen LogP contribution in [0.25, 0.3) is 16.9 Å². The molecule has 0 bridgehead atoms. The number of nitrogens with zero attached hydrogens (tertiary/aromatic N) is 4. The fourth-order valence-electron chi connectivity index (χ4n) is 4.05. The number of rotatable bonds is 6. The summed E-state index contributed by atoms with van der Waals surface area (Å²) < 4.78 is 7.21. The maximum absolute atomic E-state index is 12.9. The summed E-state index contributed by atoms with van der Waals surface area (Å²) in [4.78, 5) is 14.0. The van der Waals surface area contributed by atoms with Crippen LogP contribution >= 0.6 is 11.3 Å². The summed E-state index contributed by atoms with van der Waals surface area (Å²) in [6.45, 7) is 1.87. The van der Waals surface area contributed by atoms with Crippen molar-refractivity contribution in [1.82, 2.24) is 14.8 Å². The monoisotopic (exact) mass is 456 g/mol. The van der Waals surface area contributed by atoms with E-state index in [1.165, 1.54) is 0 Å². The third-order valence-corrected chi connectivity index (χ3v) is 6.68. The van der Waals surface area contributed by atoms with E-state index < -0.39 is 0 Å². The molecule has 0 saturated carbocycles. The van der Waals surface area contributed by atoms with Crippen LogP contribution in [0.4, 0.5) is 0 Å². The zero-order valence-corrected chi connectivity index (χ0v) is 19.3. The molecular weight excluding hydrogens is 432 g/mol. The van der Waals surface area contributed by atoms with Crippen LogP contribution in [0.3, 0.4) is 0 Å². The number of carbonyl (C=O) groups excluding carboxylic acids is 1. The van der Waals surface area contributed by atoms with E-state index in [4.69, 9.17) is 14.9 Å². The first kappa shape index (κ1) is 21.2. The molecule has 2 aromatic carbocycles. The minimum Gasteiger partial charge on any atom is -0.497 e. The fourth-order valence-corrected chi connectivity index (χ4v) is 4.77. The fraction of sp³-hybridized carbons (Fsp3) is 0.192. The lowest BCUT2D eigenvalue weighted by molar-refractivity contribution is -0.132. The van der Waals surface area contributed by atoms with Crippen molar-refractivity contribution in [3.63, 3.8) is 0 Å². The van der Waals surface area contributed by atoms with Crippen molar-refractivity contribution >= 4 is 23.0 Å². The van der Waals surface area contributed by atoms with Gasteiger partial charge in [0.05, 0.1) is 35.1 Å². The van der Waals surface area contributed by atoms with Gasteiger partial charge < -0.3 is 4.74 Å². The molecule has 4 aromatic rings. The summed E-state index contributed by atoms with van der Waals surface area (Å²) >= 11 is 1.64. The van der Waals surface area contributed by atoms with E-state index in [1.54, 1.807) is 23.5 Å². The standard InChI is InChI=1S/C26H24N4O2S/c1-3-25(31)30-23(16-22(27-30)24-10-7-15-33-24)21-17-29(19-8-5-4-6-9-19)28-26(21)18-11-13-20(32-2)14-12-18/h4-15,17,23H,3,16H2,1-2H3/t23-/m1/s1. The average molecular weight is 457 g/mol. The van der Waals surface area contributed by atoms with Crippen molar-refractivity contribution in [1.29, 1.82) is 0 Å². The van der Waals surface area contributed by atoms with Crippen LogP contribution in [0.15, 0.2) is 83.4 Å². The molecule has 1 amide bonds. The lowest BCUT2D eigenvalue weighted by atomic mass is 9.98. The molecule has 0 unspecified atom stereocenters. The van der Waals surface area contributed by atoms with Gasteiger partial charge in [0.1, 0.15) is 5.75 Å². The first-order valence-corrected chi connectivity index (χ1v) is 11.8. The minimum atomic E-state index is -0.218. The van der Waals surface area contributed by atoms with Crippen molar-refractivity contribution in [3.8, 4) is 22.7 Å². The highest BCUT2D eigenvalue weighted by atomic mass is 32.1. The predicted molar refractivity (Wildman–Crippen MR) is 131 cm³/mol. The Bertz CT molecular complexity index is 1280. The van der Waals surface area contributed by atoms with Crippen molar-refractivity contribution < 1.29 is 9.53 Å². The molecule has 6 nitrogen and oxygen atoms in total. The number of benzene rings is 2. The number of para-hydroxylation sites is 1. The maximum atomic E-state index is 12.9. The molecule has 0 saturated heterocycles. The molecule has 1 atom stereocenters. The Labute approximate surface area is 196 Å². The summed E-state index contributed by atoms with van der Waals surface area (Å²) in [5, 5.41) is 13.4. The van der Waals surface area contributed by atoms with Gasteiger partial charge in [-0.1, -0.05) is 31.2 Å². The van der Waals surface area contributed by atoms with E-state index in [2.05, 4.69) is 6.07 Å². The first-order chi connectivity index (χ1) is 16.2. The number of aromatic nitrogens is 2. The van der Waals surface area contributed by atoms with Gasteiger partial charge >= 0.3 is 0 Å². The summed E-state index contributed by atoms with van der Waals surface area (Å²) in [6.07, 6.45) is 3.07. The van der Waals surface area contributed by atoms with Crippen LogP contribution in [0.5, 0.6) is 5.75 Å². The lowest BCUT2D eigenvalue weighted by Gasteiger charge is -2.21. The van der Waals surface area contributed by atoms with E-state index in [9.17, 15) is 4.79 Å². The smallest absolute Gasteiger partial charge is 0.242 e. The summed E-state index contributed by atoms with van der Waals surface area (Å²) in [5.74, 6) is 0.787. The van der Waals surface area contributed by atoms with E-state index in [0.717, 1.165) is 38.8 Å². The summed E-state index contributed by atoms with van der Waals surface area (Å²) in [7, 11) is 1.65. The number of hydrogen-bond donors (Lipinski definition) is 0. The highest BCUT2D eigenvalue weighted by molar-refractivity contribution is 7.12. The number of hydrazone groups is 1. The number of methoxy groups -OCH3 is 1. The van der Waals surface area contributed by atoms with Crippen LogP contribution in [0.2, 0.25) is 0 Å². The molecule has 1 aliphatic heterocycles. The van der Waals surface area contributed by atoms with Crippen molar-refractivity contribution in [2.45, 2.75) is 25.8 Å². The molecular formula is C26H24N4O2S. The molecule has 0 spiro atoms. The van der Waals surface area contributed by atoms with E-state index in [1.807, 2.05) is 83.8 Å². The van der Waals surface area contributed by atoms with Crippen molar-refractivity contribution in [2.75, 3.05) is 7.11 Å². The van der Waals surface area contributed by atoms with Crippen LogP contribution in [0, 0.1) is 0 Å². The molecule has 7 heteroatoms. The second-order valence-corrected chi connectivity index (χ2v) is 8.73. The highest BCUT2D eigenvalue weighted by Crippen LogP contribution is 2.39. The SMILES string of the molecule is CCC(=O)N1N=C(c2cccs2)C[C@@H]1c1cn(-c2ccccc2)nc1-c1ccc(OC)cc1. The number of hydrogen-bond acceptors (Lipinski definition) is 5. The van der Waals surface area contributed by atoms with Crippen LogP contribution in [-0.2, 0) is 4.79 Å². The van der Waals surface area contributed by atoms with Crippen molar-refractivity contribution in [3.05, 3.63) is 88.7 Å². The molecule has 1 aliphatic rings. The van der Waals surface area contributed by atoms with Gasteiger partial charge in [0.2, 0.25) is 5.91 Å². The Hall–Kier alpha value is -3.71. The van der Waals surface area contributed by atoms with E-state index >= 15 is 0 Å². The normalized spacial score (nSPS) is 15.5. The molecule has 166 valence electrons. The van der Waals surface area contributed by atoms with Gasteiger partial charge in [-0.05, 0) is 47.8 Å². The molecule has 0 aliphatic carbocycles. The van der Waals surface area contributed by atoms with E-state index in [-0.39, 0.29) is 11.9 Å². The van der Waals surface area contributed by atoms with E-state index in [0.29, 0.717) is 12.8 Å². The number of amides is 1. The number of ether oxygens (including phenoxy) is 1. The summed E-state index contributed by atoms with van der Waals surface area (Å²) in [6, 6.07) is 21.7. The van der Waals surface area contributed by atoms with Gasteiger partial charge in [-0.25, -0.2) is 9.69 Å². The maximum Gasteiger partial charge on any atom is 0.242 e. The third kappa shape index (κ3) is 4.07. The Morgan fingerprint density at radius 1 is 1.09 bits per heavy atom. The zero-order valence-electron chi connectivity index (χ0n) is 18.5. The number of thiophene rings is 1. The molecule has 0 N–H and O–H groups in total. The van der Waals surface area contributed by atoms with Gasteiger partial charge in [-0.3, -0.25) is 4.79 Å². The highest BCUT2D eigenvalue weighted by Gasteiger charge is 2.35. The zero-order chi connectivity index (χ0) is 22.8. The third-order valence-electron chi connectivity index (χ3n) is 5.76. The topological polar surface area (TPSA) is 59.7 Å². The minimum absolute atomic E-state index is 0.000279. The number of carbonyl (C=O) groups is 1.